The monoisotopic (exact) mass is 438 g/mol. The van der Waals surface area contributed by atoms with Gasteiger partial charge in [-0.2, -0.15) is 0 Å². The molecule has 0 spiro atoms. The van der Waals surface area contributed by atoms with Crippen molar-refractivity contribution in [2.24, 2.45) is 0 Å². The number of esters is 1. The summed E-state index contributed by atoms with van der Waals surface area (Å²) in [7, 11) is 2.35. The second-order valence-electron chi connectivity index (χ2n) is 8.58. The molecule has 1 aliphatic carbocycles. The van der Waals surface area contributed by atoms with Gasteiger partial charge in [0, 0.05) is 28.7 Å². The Hall–Kier alpha value is -2.63. The number of aromatic nitrogens is 2. The summed E-state index contributed by atoms with van der Waals surface area (Å²) < 4.78 is 21.3. The number of aryl methyl sites for hydroxylation is 2. The summed E-state index contributed by atoms with van der Waals surface area (Å²) in [5.74, 6) is -1.04. The summed E-state index contributed by atoms with van der Waals surface area (Å²) in [5.41, 5.74) is 3.92. The highest BCUT2D eigenvalue weighted by Crippen LogP contribution is 2.42. The topological polar surface area (TPSA) is 81.4 Å². The molecule has 0 bridgehead atoms. The van der Waals surface area contributed by atoms with E-state index in [-0.39, 0.29) is 29.7 Å². The lowest BCUT2D eigenvalue weighted by atomic mass is 9.84. The van der Waals surface area contributed by atoms with Crippen LogP contribution in [0.4, 0.5) is 4.39 Å². The highest BCUT2D eigenvalue weighted by Gasteiger charge is 2.45. The van der Waals surface area contributed by atoms with E-state index in [1.807, 2.05) is 0 Å². The maximum Gasteiger partial charge on any atom is 0.343 e. The van der Waals surface area contributed by atoms with Gasteiger partial charge < -0.3 is 14.4 Å². The fraction of sp³-hybridized carbons (Fsp3) is 0.348. The Morgan fingerprint density at radius 3 is 2.77 bits per heavy atom. The van der Waals surface area contributed by atoms with Crippen LogP contribution in [-0.2, 0) is 41.1 Å². The second-order valence-corrected chi connectivity index (χ2v) is 8.99. The number of pyridine rings is 2. The molecular weight excluding hydrogens is 418 g/mol. The number of halogens is 1. The molecule has 2 aliphatic heterocycles. The van der Waals surface area contributed by atoms with E-state index in [9.17, 15) is 19.1 Å². The summed E-state index contributed by atoms with van der Waals surface area (Å²) in [6.07, 6.45) is 2.59. The first-order chi connectivity index (χ1) is 14.8. The minimum absolute atomic E-state index is 0.0127. The fourth-order valence-electron chi connectivity index (χ4n) is 5.38. The average Bonchev–Trinajstić information content (AvgIpc) is 3.14. The number of benzene rings is 1. The minimum atomic E-state index is -1.89. The van der Waals surface area contributed by atoms with E-state index < -0.39 is 11.6 Å². The van der Waals surface area contributed by atoms with E-state index in [1.54, 1.807) is 17.6 Å². The third-order valence-corrected chi connectivity index (χ3v) is 7.65. The van der Waals surface area contributed by atoms with E-state index in [1.165, 1.54) is 6.07 Å². The van der Waals surface area contributed by atoms with Crippen molar-refractivity contribution in [3.8, 4) is 11.4 Å². The molecule has 6 rings (SSSR count). The Morgan fingerprint density at radius 1 is 1.23 bits per heavy atom. The van der Waals surface area contributed by atoms with Crippen LogP contribution in [-0.4, -0.2) is 26.8 Å². The smallest absolute Gasteiger partial charge is 0.343 e. The Morgan fingerprint density at radius 2 is 2.00 bits per heavy atom. The van der Waals surface area contributed by atoms with Gasteiger partial charge in [-0.1, -0.05) is 0 Å². The summed E-state index contributed by atoms with van der Waals surface area (Å²) in [6.45, 7) is 2.02. The van der Waals surface area contributed by atoms with Gasteiger partial charge in [-0.15, -0.1) is 9.24 Å². The molecule has 2 atom stereocenters. The number of hydrogen-bond donors (Lipinski definition) is 1. The van der Waals surface area contributed by atoms with Gasteiger partial charge in [0.05, 0.1) is 29.0 Å². The lowest BCUT2D eigenvalue weighted by Crippen LogP contribution is -2.46. The lowest BCUT2D eigenvalue weighted by Gasteiger charge is -2.31. The third-order valence-electron chi connectivity index (χ3n) is 7.06. The highest BCUT2D eigenvalue weighted by molar-refractivity contribution is 7.16. The quantitative estimate of drug-likeness (QED) is 0.365. The van der Waals surface area contributed by atoms with Crippen molar-refractivity contribution in [2.45, 2.75) is 44.9 Å². The van der Waals surface area contributed by atoms with E-state index in [0.717, 1.165) is 41.3 Å². The number of carbonyl (C=O) groups is 1. The fourth-order valence-corrected chi connectivity index (χ4v) is 5.76. The number of rotatable bonds is 1. The predicted octanol–water partition coefficient (Wildman–Crippen LogP) is 2.48. The molecule has 0 saturated carbocycles. The minimum Gasteiger partial charge on any atom is -0.458 e. The van der Waals surface area contributed by atoms with Crippen molar-refractivity contribution < 1.29 is 19.0 Å². The summed E-state index contributed by atoms with van der Waals surface area (Å²) in [5, 5.41) is 12.0. The van der Waals surface area contributed by atoms with Crippen LogP contribution in [0, 0.1) is 12.7 Å². The van der Waals surface area contributed by atoms with E-state index in [2.05, 4.69) is 9.24 Å². The number of fused-ring (bicyclic) bond motifs is 5. The second kappa shape index (κ2) is 6.21. The molecule has 31 heavy (non-hydrogen) atoms. The largest absolute Gasteiger partial charge is 0.458 e. The number of nitrogens with zero attached hydrogens (tertiary/aromatic N) is 2. The van der Waals surface area contributed by atoms with Crippen LogP contribution in [0.3, 0.4) is 0 Å². The first-order valence-corrected chi connectivity index (χ1v) is 11.2. The normalized spacial score (nSPS) is 21.0. The molecule has 1 N–H and O–H groups in total. The van der Waals surface area contributed by atoms with Crippen LogP contribution in [0.2, 0.25) is 0 Å². The van der Waals surface area contributed by atoms with Crippen LogP contribution in [0.1, 0.15) is 39.8 Å². The predicted molar refractivity (Wildman–Crippen MR) is 116 cm³/mol. The molecule has 3 aromatic rings. The van der Waals surface area contributed by atoms with Crippen molar-refractivity contribution in [3.63, 3.8) is 0 Å². The zero-order chi connectivity index (χ0) is 21.7. The van der Waals surface area contributed by atoms with Crippen molar-refractivity contribution in [3.05, 3.63) is 61.7 Å². The highest BCUT2D eigenvalue weighted by atomic mass is 31.0. The molecule has 4 heterocycles. The van der Waals surface area contributed by atoms with Gasteiger partial charge in [0.1, 0.15) is 12.4 Å². The maximum atomic E-state index is 14.6. The Kier molecular flexibility index (Phi) is 3.82. The van der Waals surface area contributed by atoms with Crippen molar-refractivity contribution in [2.75, 3.05) is 6.16 Å². The molecule has 1 unspecified atom stereocenters. The zero-order valence-electron chi connectivity index (χ0n) is 16.9. The molecular formula is C23H20FN2O4P. The van der Waals surface area contributed by atoms with Crippen molar-refractivity contribution in [1.82, 2.24) is 9.55 Å². The Labute approximate surface area is 179 Å². The van der Waals surface area contributed by atoms with Crippen LogP contribution in [0.15, 0.2) is 16.9 Å². The standard InChI is InChI=1S/C23H20FN2O4P/c1-10-11-3-2-4-12-13-7-26-18(20(13)25-17(19(11)12)6-16(10)24)5-15-14(21(26)27)8-30-22(28)23(15,29)9-31/h5-6,29H,2-4,7-9,31H2,1H3/t23-/m0/s1. The Bertz CT molecular complexity index is 1410. The SMILES string of the molecule is Cc1c(F)cc2nc3c(c4c2c1CCC4)Cn1c-3cc2c(c1=O)COC(=O)[C@]2(O)CP. The maximum absolute atomic E-state index is 14.6. The number of aliphatic hydroxyl groups is 1. The van der Waals surface area contributed by atoms with Gasteiger partial charge in [-0.3, -0.25) is 4.79 Å². The number of hydrogen-bond acceptors (Lipinski definition) is 5. The van der Waals surface area contributed by atoms with Gasteiger partial charge in [-0.25, -0.2) is 14.2 Å². The first-order valence-electron chi connectivity index (χ1n) is 10.4. The van der Waals surface area contributed by atoms with Crippen molar-refractivity contribution in [1.29, 1.82) is 0 Å². The molecule has 3 aliphatic rings. The molecule has 0 fully saturated rings. The van der Waals surface area contributed by atoms with Gasteiger partial charge in [0.15, 0.2) is 5.60 Å². The molecule has 0 radical (unpaired) electrons. The molecule has 158 valence electrons. The van der Waals surface area contributed by atoms with Gasteiger partial charge >= 0.3 is 5.97 Å². The first kappa shape index (κ1) is 19.1. The van der Waals surface area contributed by atoms with Gasteiger partial charge in [0.2, 0.25) is 0 Å². The molecule has 2 aromatic heterocycles. The molecule has 6 nitrogen and oxygen atoms in total. The molecule has 0 saturated heterocycles. The third kappa shape index (κ3) is 2.31. The summed E-state index contributed by atoms with van der Waals surface area (Å²) in [6, 6.07) is 3.16. The van der Waals surface area contributed by atoms with Gasteiger partial charge in [-0.05, 0) is 48.9 Å². The number of cyclic esters (lactones) is 1. The van der Waals surface area contributed by atoms with Crippen LogP contribution in [0.25, 0.3) is 22.3 Å². The summed E-state index contributed by atoms with van der Waals surface area (Å²) >= 11 is 0. The molecule has 1 aromatic carbocycles. The average molecular weight is 438 g/mol. The van der Waals surface area contributed by atoms with E-state index in [0.29, 0.717) is 34.6 Å². The lowest BCUT2D eigenvalue weighted by molar-refractivity contribution is -0.168. The van der Waals surface area contributed by atoms with Crippen LogP contribution in [0.5, 0.6) is 0 Å². The van der Waals surface area contributed by atoms with E-state index in [4.69, 9.17) is 9.72 Å². The van der Waals surface area contributed by atoms with E-state index >= 15 is 0 Å². The zero-order valence-corrected chi connectivity index (χ0v) is 18.1. The summed E-state index contributed by atoms with van der Waals surface area (Å²) in [4.78, 5) is 30.4. The Balaban J connectivity index is 1.68. The van der Waals surface area contributed by atoms with Crippen LogP contribution >= 0.6 is 9.24 Å². The van der Waals surface area contributed by atoms with Crippen molar-refractivity contribution >= 4 is 26.1 Å². The number of carbonyl (C=O) groups excluding carboxylic acids is 1. The van der Waals surface area contributed by atoms with Gasteiger partial charge in [0.25, 0.3) is 5.56 Å². The number of ether oxygens (including phenoxy) is 1. The van der Waals surface area contributed by atoms with Crippen LogP contribution < -0.4 is 5.56 Å². The molecule has 8 heteroatoms. The molecule has 0 amide bonds.